The van der Waals surface area contributed by atoms with Crippen molar-refractivity contribution in [3.8, 4) is 6.07 Å². The number of likely N-dealkylation sites (N-methyl/N-ethyl adjacent to an activating group) is 1. The molecular weight excluding hydrogens is 229 g/mol. The maximum Gasteiger partial charge on any atom is 0.129 e. The van der Waals surface area contributed by atoms with E-state index >= 15 is 0 Å². The molecule has 18 heavy (non-hydrogen) atoms. The van der Waals surface area contributed by atoms with Gasteiger partial charge in [-0.1, -0.05) is 6.07 Å². The van der Waals surface area contributed by atoms with E-state index in [0.29, 0.717) is 23.7 Å². The molecule has 0 saturated heterocycles. The van der Waals surface area contributed by atoms with Crippen LogP contribution in [-0.2, 0) is 6.54 Å². The predicted molar refractivity (Wildman–Crippen MR) is 70.6 cm³/mol. The van der Waals surface area contributed by atoms with E-state index in [1.165, 1.54) is 6.07 Å². The second-order valence-electron chi connectivity index (χ2n) is 4.67. The number of nitrogens with one attached hydrogen (secondary N) is 1. The molecule has 98 valence electrons. The van der Waals surface area contributed by atoms with Gasteiger partial charge in [0.05, 0.1) is 11.6 Å². The average Bonchev–Trinajstić information content (AvgIpc) is 2.35. The van der Waals surface area contributed by atoms with Crippen molar-refractivity contribution >= 4 is 0 Å². The van der Waals surface area contributed by atoms with Gasteiger partial charge < -0.3 is 10.2 Å². The summed E-state index contributed by atoms with van der Waals surface area (Å²) in [6, 6.07) is 7.01. The highest BCUT2D eigenvalue weighted by Crippen LogP contribution is 2.09. The van der Waals surface area contributed by atoms with Gasteiger partial charge in [0.1, 0.15) is 5.82 Å². The summed E-state index contributed by atoms with van der Waals surface area (Å²) in [4.78, 5) is 2.22. The highest BCUT2D eigenvalue weighted by atomic mass is 19.1. The van der Waals surface area contributed by atoms with Crippen molar-refractivity contribution in [3.63, 3.8) is 0 Å². The first-order chi connectivity index (χ1) is 8.54. The highest BCUT2D eigenvalue weighted by Gasteiger charge is 2.04. The Balaban J connectivity index is 2.38. The van der Waals surface area contributed by atoms with Crippen LogP contribution < -0.4 is 5.32 Å². The van der Waals surface area contributed by atoms with E-state index in [1.54, 1.807) is 12.1 Å². The van der Waals surface area contributed by atoms with Crippen LogP contribution in [0.25, 0.3) is 0 Å². The molecule has 3 nitrogen and oxygen atoms in total. The minimum absolute atomic E-state index is 0.321. The van der Waals surface area contributed by atoms with Crippen LogP contribution in [0.4, 0.5) is 4.39 Å². The molecule has 1 N–H and O–H groups in total. The lowest BCUT2D eigenvalue weighted by atomic mass is 10.1. The quantitative estimate of drug-likeness (QED) is 0.785. The summed E-state index contributed by atoms with van der Waals surface area (Å²) >= 11 is 0. The van der Waals surface area contributed by atoms with Crippen LogP contribution in [0.5, 0.6) is 0 Å². The number of hydrogen-bond donors (Lipinski definition) is 1. The first-order valence-electron chi connectivity index (χ1n) is 6.14. The second-order valence-corrected chi connectivity index (χ2v) is 4.67. The maximum atomic E-state index is 13.5. The normalized spacial score (nSPS) is 10.9. The van der Waals surface area contributed by atoms with Crippen molar-refractivity contribution in [2.45, 2.75) is 26.4 Å². The number of benzene rings is 1. The standard InChI is InChI=1S/C14H20FN3/c1-11(2)18(3)7-6-17-10-13-5-4-12(9-16)8-14(13)15/h4-5,8,11,17H,6-7,10H2,1-3H3. The first kappa shape index (κ1) is 14.6. The van der Waals surface area contributed by atoms with Gasteiger partial charge in [0.25, 0.3) is 0 Å². The molecule has 0 atom stereocenters. The SMILES string of the molecule is CC(C)N(C)CCNCc1ccc(C#N)cc1F. The topological polar surface area (TPSA) is 39.1 Å². The van der Waals surface area contributed by atoms with Crippen molar-refractivity contribution in [2.24, 2.45) is 0 Å². The predicted octanol–water partition coefficient (Wildman–Crippen LogP) is 2.13. The fourth-order valence-corrected chi connectivity index (χ4v) is 1.50. The molecule has 1 aromatic carbocycles. The first-order valence-corrected chi connectivity index (χ1v) is 6.14. The lowest BCUT2D eigenvalue weighted by Gasteiger charge is -2.20. The van der Waals surface area contributed by atoms with Gasteiger partial charge in [-0.15, -0.1) is 0 Å². The molecule has 1 aromatic rings. The van der Waals surface area contributed by atoms with Crippen LogP contribution in [0, 0.1) is 17.1 Å². The molecule has 4 heteroatoms. The number of hydrogen-bond acceptors (Lipinski definition) is 3. The van der Waals surface area contributed by atoms with Crippen LogP contribution in [0.15, 0.2) is 18.2 Å². The molecule has 0 aromatic heterocycles. The highest BCUT2D eigenvalue weighted by molar-refractivity contribution is 5.32. The van der Waals surface area contributed by atoms with Crippen molar-refractivity contribution in [2.75, 3.05) is 20.1 Å². The van der Waals surface area contributed by atoms with Crippen LogP contribution in [-0.4, -0.2) is 31.1 Å². The van der Waals surface area contributed by atoms with Gasteiger partial charge in [0.15, 0.2) is 0 Å². The lowest BCUT2D eigenvalue weighted by Crippen LogP contribution is -2.33. The summed E-state index contributed by atoms with van der Waals surface area (Å²) in [6.45, 7) is 6.51. The zero-order chi connectivity index (χ0) is 13.5. The van der Waals surface area contributed by atoms with Crippen molar-refractivity contribution < 1.29 is 4.39 Å². The molecule has 0 bridgehead atoms. The van der Waals surface area contributed by atoms with E-state index in [9.17, 15) is 4.39 Å². The van der Waals surface area contributed by atoms with Gasteiger partial charge in [-0.25, -0.2) is 4.39 Å². The van der Waals surface area contributed by atoms with Gasteiger partial charge in [0.2, 0.25) is 0 Å². The zero-order valence-electron chi connectivity index (χ0n) is 11.2. The third kappa shape index (κ3) is 4.44. The molecule has 0 aliphatic rings. The van der Waals surface area contributed by atoms with Crippen molar-refractivity contribution in [1.29, 1.82) is 5.26 Å². The third-order valence-corrected chi connectivity index (χ3v) is 3.02. The zero-order valence-corrected chi connectivity index (χ0v) is 11.2. The summed E-state index contributed by atoms with van der Waals surface area (Å²) in [5.41, 5.74) is 0.956. The fraction of sp³-hybridized carbons (Fsp3) is 0.500. The number of nitriles is 1. The number of halogens is 1. The number of rotatable bonds is 6. The van der Waals surface area contributed by atoms with E-state index < -0.39 is 0 Å². The van der Waals surface area contributed by atoms with Crippen molar-refractivity contribution in [1.82, 2.24) is 10.2 Å². The maximum absolute atomic E-state index is 13.5. The molecule has 0 unspecified atom stereocenters. The Morgan fingerprint density at radius 2 is 2.17 bits per heavy atom. The number of nitrogens with zero attached hydrogens (tertiary/aromatic N) is 2. The van der Waals surface area contributed by atoms with Crippen LogP contribution >= 0.6 is 0 Å². The smallest absolute Gasteiger partial charge is 0.129 e. The molecular formula is C14H20FN3. The van der Waals surface area contributed by atoms with Gasteiger partial charge >= 0.3 is 0 Å². The molecule has 0 fully saturated rings. The van der Waals surface area contributed by atoms with Gasteiger partial charge in [-0.05, 0) is 33.0 Å². The summed E-state index contributed by atoms with van der Waals surface area (Å²) in [5, 5.41) is 11.8. The summed E-state index contributed by atoms with van der Waals surface area (Å²) < 4.78 is 13.5. The summed E-state index contributed by atoms with van der Waals surface area (Å²) in [7, 11) is 2.06. The van der Waals surface area contributed by atoms with Gasteiger partial charge in [0, 0.05) is 31.2 Å². The Labute approximate surface area is 108 Å². The van der Waals surface area contributed by atoms with Crippen molar-refractivity contribution in [3.05, 3.63) is 35.1 Å². The molecule has 0 spiro atoms. The third-order valence-electron chi connectivity index (χ3n) is 3.02. The average molecular weight is 249 g/mol. The van der Waals surface area contributed by atoms with Crippen LogP contribution in [0.1, 0.15) is 25.0 Å². The molecule has 0 saturated carbocycles. The Hall–Kier alpha value is -1.44. The monoisotopic (exact) mass is 249 g/mol. The molecule has 1 rings (SSSR count). The Bertz CT molecular complexity index is 424. The summed E-state index contributed by atoms with van der Waals surface area (Å²) in [6.07, 6.45) is 0. The Morgan fingerprint density at radius 1 is 1.44 bits per heavy atom. The Kier molecular flexibility index (Phi) is 5.76. The van der Waals surface area contributed by atoms with E-state index in [4.69, 9.17) is 5.26 Å². The molecule has 0 amide bonds. The van der Waals surface area contributed by atoms with Crippen LogP contribution in [0.3, 0.4) is 0 Å². The van der Waals surface area contributed by atoms with Crippen LogP contribution in [0.2, 0.25) is 0 Å². The minimum atomic E-state index is -0.321. The fourth-order valence-electron chi connectivity index (χ4n) is 1.50. The Morgan fingerprint density at radius 3 is 2.72 bits per heavy atom. The van der Waals surface area contributed by atoms with E-state index in [1.807, 2.05) is 6.07 Å². The molecule has 0 heterocycles. The summed E-state index contributed by atoms with van der Waals surface area (Å²) in [5.74, 6) is -0.321. The van der Waals surface area contributed by atoms with E-state index in [2.05, 4.69) is 31.1 Å². The molecule has 0 radical (unpaired) electrons. The molecule has 0 aliphatic heterocycles. The largest absolute Gasteiger partial charge is 0.311 e. The van der Waals surface area contributed by atoms with E-state index in [-0.39, 0.29) is 5.82 Å². The molecule has 0 aliphatic carbocycles. The minimum Gasteiger partial charge on any atom is -0.311 e. The van der Waals surface area contributed by atoms with Gasteiger partial charge in [-0.2, -0.15) is 5.26 Å². The van der Waals surface area contributed by atoms with Gasteiger partial charge in [-0.3, -0.25) is 0 Å². The lowest BCUT2D eigenvalue weighted by molar-refractivity contribution is 0.273. The van der Waals surface area contributed by atoms with E-state index in [0.717, 1.165) is 13.1 Å². The second kappa shape index (κ2) is 7.10.